The number of nitrogens with zero attached hydrogens (tertiary/aromatic N) is 1. The van der Waals surface area contributed by atoms with Crippen LogP contribution in [-0.4, -0.2) is 12.2 Å². The van der Waals surface area contributed by atoms with Gasteiger partial charge in [-0.1, -0.05) is 105 Å². The Kier molecular flexibility index (Phi) is 8.42. The van der Waals surface area contributed by atoms with Gasteiger partial charge in [0.05, 0.1) is 5.56 Å². The molecule has 4 rings (SSSR count). The third-order valence-electron chi connectivity index (χ3n) is 6.85. The average Bonchev–Trinajstić information content (AvgIpc) is 3.04. The van der Waals surface area contributed by atoms with Crippen LogP contribution in [0.2, 0.25) is 0 Å². The van der Waals surface area contributed by atoms with Gasteiger partial charge in [-0.2, -0.15) is 0 Å². The van der Waals surface area contributed by atoms with Gasteiger partial charge >= 0.3 is 0 Å². The zero-order valence-electron chi connectivity index (χ0n) is 21.5. The smallest absolute Gasteiger partial charge is 0.261 e. The van der Waals surface area contributed by atoms with Crippen molar-refractivity contribution in [2.45, 2.75) is 47.0 Å². The maximum atomic E-state index is 8.65. The fourth-order valence-corrected chi connectivity index (χ4v) is 4.71. The van der Waals surface area contributed by atoms with E-state index in [4.69, 9.17) is 5.11 Å². The summed E-state index contributed by atoms with van der Waals surface area (Å²) in [7, 11) is 2.15. The molecule has 3 aromatic carbocycles. The zero-order valence-corrected chi connectivity index (χ0v) is 21.5. The van der Waals surface area contributed by atoms with E-state index in [0.29, 0.717) is 5.76 Å². The minimum absolute atomic E-state index is 0. The molecule has 36 heavy (non-hydrogen) atoms. The van der Waals surface area contributed by atoms with Crippen molar-refractivity contribution in [1.29, 1.82) is 0 Å². The van der Waals surface area contributed by atoms with Gasteiger partial charge in [0.2, 0.25) is 0 Å². The summed E-state index contributed by atoms with van der Waals surface area (Å²) in [5.41, 5.74) is 9.49. The lowest BCUT2D eigenvalue weighted by Crippen LogP contribution is -2.22. The SMILES string of the molecule is C.Cc1ccc(/C([OH2+])=C/C(=C\C/C=C/C=C2/N(C)c3ccccc3C2(C)C)c2ccc(C)cc2)cc1. The van der Waals surface area contributed by atoms with Crippen LogP contribution in [0.25, 0.3) is 11.3 Å². The number of anilines is 1. The predicted molar refractivity (Wildman–Crippen MR) is 158 cm³/mol. The van der Waals surface area contributed by atoms with Crippen molar-refractivity contribution < 1.29 is 5.11 Å². The third-order valence-corrected chi connectivity index (χ3v) is 6.85. The first-order chi connectivity index (χ1) is 16.8. The van der Waals surface area contributed by atoms with Gasteiger partial charge in [0, 0.05) is 29.9 Å². The number of para-hydroxylation sites is 1. The van der Waals surface area contributed by atoms with Gasteiger partial charge in [-0.05, 0) is 61.2 Å². The minimum Gasteiger partial charge on any atom is -0.593 e. The van der Waals surface area contributed by atoms with Crippen LogP contribution in [0.1, 0.15) is 55.5 Å². The number of hydrogen-bond donors (Lipinski definition) is 0. The lowest BCUT2D eigenvalue weighted by atomic mass is 9.84. The van der Waals surface area contributed by atoms with E-state index in [1.807, 2.05) is 18.2 Å². The molecule has 1 aliphatic heterocycles. The van der Waals surface area contributed by atoms with Crippen molar-refractivity contribution in [3.63, 3.8) is 0 Å². The highest BCUT2D eigenvalue weighted by molar-refractivity contribution is 5.81. The van der Waals surface area contributed by atoms with E-state index >= 15 is 0 Å². The van der Waals surface area contributed by atoms with Crippen molar-refractivity contribution in [2.75, 3.05) is 11.9 Å². The molecule has 2 N–H and O–H groups in total. The summed E-state index contributed by atoms with van der Waals surface area (Å²) < 4.78 is 0. The first kappa shape index (κ1) is 26.8. The summed E-state index contributed by atoms with van der Waals surface area (Å²) >= 11 is 0. The van der Waals surface area contributed by atoms with Crippen molar-refractivity contribution in [3.8, 4) is 0 Å². The Morgan fingerprint density at radius 1 is 0.861 bits per heavy atom. The Bertz CT molecular complexity index is 1300. The highest BCUT2D eigenvalue weighted by atomic mass is 16.3. The number of hydrogen-bond acceptors (Lipinski definition) is 1. The minimum atomic E-state index is -0.0184. The molecule has 186 valence electrons. The number of likely N-dealkylation sites (N-methyl/N-ethyl adjacent to an activating group) is 1. The Balaban J connectivity index is 0.00000361. The lowest BCUT2D eigenvalue weighted by Gasteiger charge is -2.23. The van der Waals surface area contributed by atoms with Crippen LogP contribution < -0.4 is 4.90 Å². The molecule has 0 saturated heterocycles. The lowest BCUT2D eigenvalue weighted by molar-refractivity contribution is 0.512. The molecule has 0 saturated carbocycles. The van der Waals surface area contributed by atoms with Gasteiger partial charge in [0.1, 0.15) is 0 Å². The largest absolute Gasteiger partial charge is 0.593 e. The van der Waals surface area contributed by atoms with Gasteiger partial charge in [-0.3, -0.25) is 0 Å². The number of fused-ring (bicyclic) bond motifs is 1. The molecule has 0 unspecified atom stereocenters. The molecule has 0 fully saturated rings. The Hall–Kier alpha value is -3.78. The van der Waals surface area contributed by atoms with E-state index in [1.165, 1.54) is 28.1 Å². The molecule has 0 aromatic heterocycles. The van der Waals surface area contributed by atoms with Crippen LogP contribution in [0.15, 0.2) is 109 Å². The monoisotopic (exact) mass is 478 g/mol. The molecule has 0 bridgehead atoms. The second kappa shape index (κ2) is 11.3. The number of rotatable bonds is 6. The van der Waals surface area contributed by atoms with E-state index in [-0.39, 0.29) is 12.8 Å². The highest BCUT2D eigenvalue weighted by Gasteiger charge is 2.37. The van der Waals surface area contributed by atoms with Gasteiger partial charge in [0.25, 0.3) is 5.76 Å². The fourth-order valence-electron chi connectivity index (χ4n) is 4.71. The first-order valence-electron chi connectivity index (χ1n) is 12.3. The van der Waals surface area contributed by atoms with Gasteiger partial charge in [-0.25, -0.2) is 0 Å². The highest BCUT2D eigenvalue weighted by Crippen LogP contribution is 2.46. The summed E-state index contributed by atoms with van der Waals surface area (Å²) in [6.07, 6.45) is 11.6. The summed E-state index contributed by atoms with van der Waals surface area (Å²) in [5.74, 6) is 0.523. The van der Waals surface area contributed by atoms with Crippen LogP contribution >= 0.6 is 0 Å². The summed E-state index contributed by atoms with van der Waals surface area (Å²) in [6, 6.07) is 25.3. The average molecular weight is 479 g/mol. The zero-order chi connectivity index (χ0) is 25.0. The van der Waals surface area contributed by atoms with Crippen LogP contribution in [0.4, 0.5) is 5.69 Å². The summed E-state index contributed by atoms with van der Waals surface area (Å²) in [5, 5.41) is 8.65. The first-order valence-corrected chi connectivity index (χ1v) is 12.3. The molecular formula is C34H40NO+. The van der Waals surface area contributed by atoms with Gasteiger partial charge < -0.3 is 10.0 Å². The fraction of sp³-hybridized carbons (Fsp3) is 0.235. The van der Waals surface area contributed by atoms with E-state index < -0.39 is 0 Å². The molecule has 2 heteroatoms. The van der Waals surface area contributed by atoms with Gasteiger partial charge in [-0.15, -0.1) is 0 Å². The van der Waals surface area contributed by atoms with Crippen LogP contribution in [-0.2, 0) is 5.41 Å². The number of benzene rings is 3. The molecule has 0 aliphatic carbocycles. The predicted octanol–water partition coefficient (Wildman–Crippen LogP) is 8.35. The molecule has 0 atom stereocenters. The molecule has 3 aromatic rings. The maximum Gasteiger partial charge on any atom is 0.261 e. The third kappa shape index (κ3) is 5.71. The Morgan fingerprint density at radius 2 is 1.44 bits per heavy atom. The second-order valence-corrected chi connectivity index (χ2v) is 9.87. The van der Waals surface area contributed by atoms with Crippen molar-refractivity contribution >= 4 is 17.0 Å². The summed E-state index contributed by atoms with van der Waals surface area (Å²) in [6.45, 7) is 8.74. The maximum absolute atomic E-state index is 8.65. The molecule has 0 radical (unpaired) electrons. The molecule has 1 heterocycles. The summed E-state index contributed by atoms with van der Waals surface area (Å²) in [4.78, 5) is 2.30. The van der Waals surface area contributed by atoms with E-state index in [2.05, 4.69) is 125 Å². The molecule has 0 amide bonds. The van der Waals surface area contributed by atoms with Crippen LogP contribution in [0.5, 0.6) is 0 Å². The normalized spacial score (nSPS) is 16.4. The standard InChI is InChI=1S/C33H35NO.CH4/c1-24-15-19-26(20-16-24)28(23-31(35)27-21-17-25(2)18-22-27)11-7-6-8-14-32-33(3,4)29-12-9-10-13-30(29)34(32)5;/h6,8-23,35H,7H2,1-5H3;1H4/p+1/b8-6+,28-11+,31-23-,32-14+;. The van der Waals surface area contributed by atoms with Gasteiger partial charge in [0.15, 0.2) is 0 Å². The van der Waals surface area contributed by atoms with E-state index in [9.17, 15) is 0 Å². The quantitative estimate of drug-likeness (QED) is 0.199. The van der Waals surface area contributed by atoms with Crippen molar-refractivity contribution in [3.05, 3.63) is 137 Å². The van der Waals surface area contributed by atoms with Crippen molar-refractivity contribution in [2.24, 2.45) is 0 Å². The molecule has 2 nitrogen and oxygen atoms in total. The molecule has 0 spiro atoms. The molecule has 1 aliphatic rings. The second-order valence-electron chi connectivity index (χ2n) is 9.87. The number of allylic oxidation sites excluding steroid dienone is 7. The number of aryl methyl sites for hydroxylation is 2. The van der Waals surface area contributed by atoms with E-state index in [0.717, 1.165) is 23.1 Å². The topological polar surface area (TPSA) is 26.1 Å². The van der Waals surface area contributed by atoms with Crippen LogP contribution in [0, 0.1) is 13.8 Å². The Morgan fingerprint density at radius 3 is 2.06 bits per heavy atom. The Labute approximate surface area is 217 Å². The van der Waals surface area contributed by atoms with Crippen LogP contribution in [0.3, 0.4) is 0 Å². The molecular weight excluding hydrogens is 438 g/mol. The van der Waals surface area contributed by atoms with E-state index in [1.54, 1.807) is 0 Å². The van der Waals surface area contributed by atoms with Crippen molar-refractivity contribution in [1.82, 2.24) is 0 Å².